The topological polar surface area (TPSA) is 60.7 Å². The minimum atomic E-state index is -0.128. The van der Waals surface area contributed by atoms with Gasteiger partial charge in [0.05, 0.1) is 6.61 Å². The molecule has 0 aliphatic rings. The molecular weight excluding hydrogens is 252 g/mol. The van der Waals surface area contributed by atoms with E-state index in [1.54, 1.807) is 12.1 Å². The Morgan fingerprint density at radius 2 is 1.25 bits per heavy atom. The van der Waals surface area contributed by atoms with Crippen LogP contribution in [0.4, 0.5) is 0 Å². The van der Waals surface area contributed by atoms with Crippen molar-refractivity contribution in [3.63, 3.8) is 0 Å². The van der Waals surface area contributed by atoms with Crippen LogP contribution in [0.2, 0.25) is 0 Å². The Hall–Kier alpha value is -2.52. The molecule has 2 aromatic rings. The molecule has 0 saturated carbocycles. The predicted molar refractivity (Wildman–Crippen MR) is 81.3 cm³/mol. The molecule has 0 aliphatic carbocycles. The molecule has 0 aromatic heterocycles. The highest BCUT2D eigenvalue weighted by atomic mass is 16.3. The molecule has 0 heterocycles. The Balaban J connectivity index is 2.10. The first kappa shape index (κ1) is 13.9. The molecule has 20 heavy (non-hydrogen) atoms. The zero-order valence-corrected chi connectivity index (χ0v) is 10.9. The van der Waals surface area contributed by atoms with Crippen LogP contribution >= 0.6 is 0 Å². The van der Waals surface area contributed by atoms with E-state index in [1.165, 1.54) is 12.1 Å². The van der Waals surface area contributed by atoms with E-state index < -0.39 is 0 Å². The largest absolute Gasteiger partial charge is 0.504 e. The second kappa shape index (κ2) is 6.59. The first-order valence-corrected chi connectivity index (χ1v) is 6.26. The van der Waals surface area contributed by atoms with Crippen molar-refractivity contribution in [1.82, 2.24) is 0 Å². The lowest BCUT2D eigenvalue weighted by Crippen LogP contribution is -1.77. The van der Waals surface area contributed by atoms with Gasteiger partial charge in [-0.2, -0.15) is 0 Å². The molecule has 2 aromatic carbocycles. The number of benzene rings is 2. The number of hydrogen-bond donors (Lipinski definition) is 3. The summed E-state index contributed by atoms with van der Waals surface area (Å²) in [6, 6.07) is 12.5. The van der Waals surface area contributed by atoms with E-state index in [0.29, 0.717) is 0 Å². The van der Waals surface area contributed by atoms with Crippen LogP contribution in [0.5, 0.6) is 11.5 Å². The number of rotatable bonds is 4. The number of aromatic hydroxyl groups is 2. The molecule has 0 saturated heterocycles. The summed E-state index contributed by atoms with van der Waals surface area (Å²) < 4.78 is 0. The van der Waals surface area contributed by atoms with Gasteiger partial charge in [-0.3, -0.25) is 0 Å². The monoisotopic (exact) mass is 268 g/mol. The van der Waals surface area contributed by atoms with Gasteiger partial charge in [0.25, 0.3) is 0 Å². The molecule has 0 atom stereocenters. The molecule has 3 heteroatoms. The maximum Gasteiger partial charge on any atom is 0.157 e. The Kier molecular flexibility index (Phi) is 4.58. The quantitative estimate of drug-likeness (QED) is 0.589. The van der Waals surface area contributed by atoms with E-state index >= 15 is 0 Å². The lowest BCUT2D eigenvalue weighted by atomic mass is 10.1. The molecule has 0 spiro atoms. The highest BCUT2D eigenvalue weighted by Crippen LogP contribution is 2.25. The summed E-state index contributed by atoms with van der Waals surface area (Å²) >= 11 is 0. The Morgan fingerprint density at radius 1 is 0.700 bits per heavy atom. The van der Waals surface area contributed by atoms with Gasteiger partial charge in [0, 0.05) is 0 Å². The lowest BCUT2D eigenvalue weighted by molar-refractivity contribution is 0.343. The van der Waals surface area contributed by atoms with Crippen molar-refractivity contribution in [2.75, 3.05) is 6.61 Å². The van der Waals surface area contributed by atoms with Crippen LogP contribution in [0.1, 0.15) is 16.7 Å². The fourth-order valence-electron chi connectivity index (χ4n) is 1.74. The third kappa shape index (κ3) is 3.73. The maximum atomic E-state index is 9.40. The van der Waals surface area contributed by atoms with Gasteiger partial charge in [0.15, 0.2) is 11.5 Å². The van der Waals surface area contributed by atoms with E-state index in [4.69, 9.17) is 5.11 Å². The minimum Gasteiger partial charge on any atom is -0.504 e. The van der Waals surface area contributed by atoms with Crippen molar-refractivity contribution < 1.29 is 15.3 Å². The molecule has 3 nitrogen and oxygen atoms in total. The molecule has 3 N–H and O–H groups in total. The van der Waals surface area contributed by atoms with Gasteiger partial charge in [0.1, 0.15) is 0 Å². The number of aliphatic hydroxyl groups excluding tert-OH is 1. The molecule has 0 fully saturated rings. The Morgan fingerprint density at radius 3 is 1.85 bits per heavy atom. The average Bonchev–Trinajstić information content (AvgIpc) is 2.47. The van der Waals surface area contributed by atoms with Gasteiger partial charge in [-0.25, -0.2) is 0 Å². The van der Waals surface area contributed by atoms with Gasteiger partial charge >= 0.3 is 0 Å². The van der Waals surface area contributed by atoms with Crippen LogP contribution in [-0.2, 0) is 0 Å². The van der Waals surface area contributed by atoms with E-state index in [-0.39, 0.29) is 18.1 Å². The maximum absolute atomic E-state index is 9.40. The summed E-state index contributed by atoms with van der Waals surface area (Å²) in [5.74, 6) is -0.251. The number of aliphatic hydroxyl groups is 1. The smallest absolute Gasteiger partial charge is 0.157 e. The van der Waals surface area contributed by atoms with Gasteiger partial charge in [0.2, 0.25) is 0 Å². The number of phenols is 2. The van der Waals surface area contributed by atoms with E-state index in [9.17, 15) is 10.2 Å². The molecule has 0 bridgehead atoms. The van der Waals surface area contributed by atoms with Crippen molar-refractivity contribution in [1.29, 1.82) is 0 Å². The molecule has 102 valence electrons. The van der Waals surface area contributed by atoms with Gasteiger partial charge in [-0.1, -0.05) is 54.6 Å². The molecule has 0 unspecified atom stereocenters. The SMILES string of the molecule is OC/C=C/c1ccc(/C=C/c2ccc(O)c(O)c2)cc1. The third-order valence-electron chi connectivity index (χ3n) is 2.82. The zero-order valence-electron chi connectivity index (χ0n) is 10.9. The van der Waals surface area contributed by atoms with Crippen LogP contribution in [0, 0.1) is 0 Å². The molecule has 2 rings (SSSR count). The van der Waals surface area contributed by atoms with Crippen molar-refractivity contribution >= 4 is 18.2 Å². The lowest BCUT2D eigenvalue weighted by Gasteiger charge is -1.99. The highest BCUT2D eigenvalue weighted by molar-refractivity contribution is 5.71. The summed E-state index contributed by atoms with van der Waals surface area (Å²) in [5, 5.41) is 27.3. The summed E-state index contributed by atoms with van der Waals surface area (Å²) in [5.41, 5.74) is 2.86. The van der Waals surface area contributed by atoms with Crippen molar-refractivity contribution in [2.45, 2.75) is 0 Å². The average molecular weight is 268 g/mol. The Bertz CT molecular complexity index is 625. The van der Waals surface area contributed by atoms with Crippen molar-refractivity contribution in [3.05, 3.63) is 65.2 Å². The molecule has 0 aliphatic heterocycles. The molecule has 0 radical (unpaired) electrons. The third-order valence-corrected chi connectivity index (χ3v) is 2.82. The molecule has 0 amide bonds. The van der Waals surface area contributed by atoms with Crippen LogP contribution in [0.15, 0.2) is 48.5 Å². The predicted octanol–water partition coefficient (Wildman–Crippen LogP) is 3.27. The van der Waals surface area contributed by atoms with Gasteiger partial charge < -0.3 is 15.3 Å². The summed E-state index contributed by atoms with van der Waals surface area (Å²) in [6.45, 7) is 0.0337. The first-order valence-electron chi connectivity index (χ1n) is 6.26. The van der Waals surface area contributed by atoms with Crippen LogP contribution in [-0.4, -0.2) is 21.9 Å². The fraction of sp³-hybridized carbons (Fsp3) is 0.0588. The molecular formula is C17H16O3. The van der Waals surface area contributed by atoms with Crippen LogP contribution in [0.3, 0.4) is 0 Å². The highest BCUT2D eigenvalue weighted by Gasteiger charge is 1.97. The van der Waals surface area contributed by atoms with Gasteiger partial charge in [-0.15, -0.1) is 0 Å². The Labute approximate surface area is 117 Å². The van der Waals surface area contributed by atoms with E-state index in [0.717, 1.165) is 16.7 Å². The first-order chi connectivity index (χ1) is 9.69. The number of hydrogen-bond acceptors (Lipinski definition) is 3. The minimum absolute atomic E-state index is 0.0337. The standard InChI is InChI=1S/C17H16O3/c18-11-1-2-13-3-5-14(6-4-13)7-8-15-9-10-16(19)17(20)12-15/h1-10,12,18-20H,11H2/b2-1+,8-7+. The van der Waals surface area contributed by atoms with E-state index in [2.05, 4.69) is 0 Å². The van der Waals surface area contributed by atoms with Crippen LogP contribution < -0.4 is 0 Å². The van der Waals surface area contributed by atoms with E-state index in [1.807, 2.05) is 42.5 Å². The van der Waals surface area contributed by atoms with Crippen LogP contribution in [0.25, 0.3) is 18.2 Å². The second-order valence-corrected chi connectivity index (χ2v) is 4.33. The number of phenolic OH excluding ortho intramolecular Hbond substituents is 2. The zero-order chi connectivity index (χ0) is 14.4. The second-order valence-electron chi connectivity index (χ2n) is 4.33. The van der Waals surface area contributed by atoms with Crippen molar-refractivity contribution in [3.8, 4) is 11.5 Å². The normalized spacial score (nSPS) is 11.4. The summed E-state index contributed by atoms with van der Waals surface area (Å²) in [6.07, 6.45) is 7.32. The van der Waals surface area contributed by atoms with Gasteiger partial charge in [-0.05, 0) is 28.8 Å². The summed E-state index contributed by atoms with van der Waals surface area (Å²) in [7, 11) is 0. The fourth-order valence-corrected chi connectivity index (χ4v) is 1.74. The summed E-state index contributed by atoms with van der Waals surface area (Å²) in [4.78, 5) is 0. The van der Waals surface area contributed by atoms with Crippen molar-refractivity contribution in [2.24, 2.45) is 0 Å².